The third-order valence-corrected chi connectivity index (χ3v) is 7.73. The van der Waals surface area contributed by atoms with Gasteiger partial charge in [0.05, 0.1) is 22.4 Å². The standard InChI is InChI=1S/C28H32ClN3O6S/c1-28(2,3)38-27(34)32(18-25(33)20-6-4-8-22(29)16-20)15-14-19-10-12-23(13-11-19)39(36,37)24-9-5-7-21(17-24)26(30)31-35/h4-13,16-17,25,33,35H,14-15,18H2,1-3H3,(H2,30,31). The quantitative estimate of drug-likeness (QED) is 0.145. The molecule has 3 rings (SSSR count). The van der Waals surface area contributed by atoms with Crippen LogP contribution in [0.5, 0.6) is 0 Å². The summed E-state index contributed by atoms with van der Waals surface area (Å²) in [6.45, 7) is 5.49. The van der Waals surface area contributed by atoms with Gasteiger partial charge in [0, 0.05) is 17.1 Å². The Morgan fingerprint density at radius 1 is 1.05 bits per heavy atom. The predicted octanol–water partition coefficient (Wildman–Crippen LogP) is 4.78. The minimum atomic E-state index is -3.86. The first-order valence-electron chi connectivity index (χ1n) is 12.1. The molecule has 4 N–H and O–H groups in total. The summed E-state index contributed by atoms with van der Waals surface area (Å²) in [6, 6.07) is 18.9. The number of aliphatic hydroxyl groups excluding tert-OH is 1. The van der Waals surface area contributed by atoms with Crippen LogP contribution in [-0.2, 0) is 21.0 Å². The van der Waals surface area contributed by atoms with E-state index in [9.17, 15) is 18.3 Å². The number of sulfone groups is 1. The van der Waals surface area contributed by atoms with E-state index in [1.54, 1.807) is 57.2 Å². The lowest BCUT2D eigenvalue weighted by Crippen LogP contribution is -2.40. The normalized spacial score (nSPS) is 13.1. The molecule has 0 aliphatic carbocycles. The van der Waals surface area contributed by atoms with E-state index in [0.717, 1.165) is 5.56 Å². The molecule has 3 aromatic carbocycles. The molecule has 0 aromatic heterocycles. The molecule has 39 heavy (non-hydrogen) atoms. The number of carbonyl (C=O) groups is 1. The molecule has 9 nitrogen and oxygen atoms in total. The molecule has 0 spiro atoms. The highest BCUT2D eigenvalue weighted by atomic mass is 35.5. The highest BCUT2D eigenvalue weighted by Gasteiger charge is 2.25. The largest absolute Gasteiger partial charge is 0.444 e. The van der Waals surface area contributed by atoms with Crippen molar-refractivity contribution in [1.82, 2.24) is 4.90 Å². The summed E-state index contributed by atoms with van der Waals surface area (Å²) in [5, 5.41) is 23.0. The number of ether oxygens (including phenoxy) is 1. The number of hydrogen-bond acceptors (Lipinski definition) is 7. The summed E-state index contributed by atoms with van der Waals surface area (Å²) in [6.07, 6.45) is -1.17. The highest BCUT2D eigenvalue weighted by Crippen LogP contribution is 2.23. The van der Waals surface area contributed by atoms with Crippen molar-refractivity contribution in [3.8, 4) is 0 Å². The number of nitrogens with two attached hydrogens (primary N) is 1. The van der Waals surface area contributed by atoms with Crippen molar-refractivity contribution < 1.29 is 28.3 Å². The lowest BCUT2D eigenvalue weighted by molar-refractivity contribution is 0.0147. The fourth-order valence-corrected chi connectivity index (χ4v) is 5.23. The van der Waals surface area contributed by atoms with Crippen LogP contribution in [0.4, 0.5) is 4.79 Å². The van der Waals surface area contributed by atoms with Crippen molar-refractivity contribution in [2.24, 2.45) is 10.9 Å². The summed E-state index contributed by atoms with van der Waals surface area (Å²) in [4.78, 5) is 14.4. The average Bonchev–Trinajstić information content (AvgIpc) is 2.89. The molecule has 3 aromatic rings. The van der Waals surface area contributed by atoms with Crippen LogP contribution in [0, 0.1) is 0 Å². The zero-order valence-electron chi connectivity index (χ0n) is 21.9. The number of amidine groups is 1. The molecule has 1 atom stereocenters. The Labute approximate surface area is 233 Å². The van der Waals surface area contributed by atoms with Crippen molar-refractivity contribution >= 4 is 33.4 Å². The van der Waals surface area contributed by atoms with E-state index in [4.69, 9.17) is 27.3 Å². The van der Waals surface area contributed by atoms with Crippen LogP contribution in [-0.4, -0.2) is 54.3 Å². The number of nitrogens with zero attached hydrogens (tertiary/aromatic N) is 2. The van der Waals surface area contributed by atoms with Gasteiger partial charge < -0.3 is 25.7 Å². The molecule has 0 heterocycles. The molecule has 11 heteroatoms. The van der Waals surface area contributed by atoms with E-state index in [1.807, 2.05) is 0 Å². The summed E-state index contributed by atoms with van der Waals surface area (Å²) in [7, 11) is -3.86. The molecule has 0 aliphatic rings. The maximum absolute atomic E-state index is 13.1. The number of carbonyl (C=O) groups excluding carboxylic acids is 1. The van der Waals surface area contributed by atoms with Gasteiger partial charge in [-0.1, -0.05) is 53.2 Å². The van der Waals surface area contributed by atoms with Gasteiger partial charge in [0.15, 0.2) is 5.84 Å². The average molecular weight is 574 g/mol. The van der Waals surface area contributed by atoms with Gasteiger partial charge in [0.25, 0.3) is 0 Å². The Balaban J connectivity index is 1.76. The van der Waals surface area contributed by atoms with E-state index in [0.29, 0.717) is 17.0 Å². The fraction of sp³-hybridized carbons (Fsp3) is 0.286. The zero-order chi connectivity index (χ0) is 28.8. The van der Waals surface area contributed by atoms with Gasteiger partial charge in [-0.05, 0) is 74.7 Å². The summed E-state index contributed by atoms with van der Waals surface area (Å²) >= 11 is 6.05. The number of aliphatic hydroxyl groups is 1. The molecule has 0 radical (unpaired) electrons. The molecule has 1 amide bonds. The molecule has 0 saturated carbocycles. The third kappa shape index (κ3) is 8.19. The zero-order valence-corrected chi connectivity index (χ0v) is 23.5. The van der Waals surface area contributed by atoms with E-state index < -0.39 is 27.6 Å². The maximum Gasteiger partial charge on any atom is 0.410 e. The second-order valence-electron chi connectivity index (χ2n) is 9.91. The van der Waals surface area contributed by atoms with Crippen LogP contribution in [0.15, 0.2) is 87.7 Å². The van der Waals surface area contributed by atoms with Gasteiger partial charge >= 0.3 is 6.09 Å². The predicted molar refractivity (Wildman–Crippen MR) is 149 cm³/mol. The smallest absolute Gasteiger partial charge is 0.410 e. The number of halogens is 1. The summed E-state index contributed by atoms with van der Waals surface area (Å²) < 4.78 is 31.8. The first-order valence-corrected chi connectivity index (χ1v) is 14.0. The topological polar surface area (TPSA) is 143 Å². The lowest BCUT2D eigenvalue weighted by Gasteiger charge is -2.29. The highest BCUT2D eigenvalue weighted by molar-refractivity contribution is 7.91. The second-order valence-corrected chi connectivity index (χ2v) is 12.3. The van der Waals surface area contributed by atoms with Gasteiger partial charge in [-0.3, -0.25) is 0 Å². The SMILES string of the molecule is CC(C)(C)OC(=O)N(CCc1ccc(S(=O)(=O)c2cccc(C(N)=NO)c2)cc1)CC(O)c1cccc(Cl)c1. The van der Waals surface area contributed by atoms with Crippen molar-refractivity contribution in [3.63, 3.8) is 0 Å². The van der Waals surface area contributed by atoms with Crippen LogP contribution >= 0.6 is 11.6 Å². The Morgan fingerprint density at radius 2 is 1.72 bits per heavy atom. The van der Waals surface area contributed by atoms with Gasteiger partial charge in [0.1, 0.15) is 5.60 Å². The number of amides is 1. The Kier molecular flexibility index (Phi) is 9.60. The Hall–Kier alpha value is -3.60. The van der Waals surface area contributed by atoms with Gasteiger partial charge in [-0.2, -0.15) is 0 Å². The monoisotopic (exact) mass is 573 g/mol. The van der Waals surface area contributed by atoms with Crippen LogP contribution in [0.3, 0.4) is 0 Å². The lowest BCUT2D eigenvalue weighted by atomic mass is 10.1. The molecule has 0 saturated heterocycles. The van der Waals surface area contributed by atoms with Gasteiger partial charge in [-0.15, -0.1) is 0 Å². The molecule has 0 bridgehead atoms. The minimum absolute atomic E-state index is 0.00505. The first kappa shape index (κ1) is 29.9. The van der Waals surface area contributed by atoms with E-state index in [2.05, 4.69) is 5.16 Å². The Morgan fingerprint density at radius 3 is 2.33 bits per heavy atom. The molecule has 208 valence electrons. The second kappa shape index (κ2) is 12.5. The van der Waals surface area contributed by atoms with Crippen LogP contribution in [0.1, 0.15) is 43.6 Å². The summed E-state index contributed by atoms with van der Waals surface area (Å²) in [5.41, 5.74) is 6.50. The third-order valence-electron chi connectivity index (χ3n) is 5.73. The van der Waals surface area contributed by atoms with Gasteiger partial charge in [-0.25, -0.2) is 13.2 Å². The van der Waals surface area contributed by atoms with Crippen molar-refractivity contribution in [1.29, 1.82) is 0 Å². The van der Waals surface area contributed by atoms with Crippen molar-refractivity contribution in [3.05, 3.63) is 94.5 Å². The van der Waals surface area contributed by atoms with Crippen molar-refractivity contribution in [2.45, 2.75) is 48.7 Å². The minimum Gasteiger partial charge on any atom is -0.444 e. The van der Waals surface area contributed by atoms with Crippen molar-refractivity contribution in [2.75, 3.05) is 13.1 Å². The molecule has 0 fully saturated rings. The van der Waals surface area contributed by atoms with Gasteiger partial charge in [0.2, 0.25) is 9.84 Å². The fourth-order valence-electron chi connectivity index (χ4n) is 3.73. The number of oxime groups is 1. The molecule has 1 unspecified atom stereocenters. The molecular formula is C28H32ClN3O6S. The number of hydrogen-bond donors (Lipinski definition) is 3. The first-order chi connectivity index (χ1) is 18.3. The van der Waals surface area contributed by atoms with Crippen LogP contribution in [0.2, 0.25) is 5.02 Å². The molecular weight excluding hydrogens is 542 g/mol. The molecule has 0 aliphatic heterocycles. The van der Waals surface area contributed by atoms with E-state index in [1.165, 1.54) is 41.3 Å². The number of rotatable bonds is 9. The maximum atomic E-state index is 13.1. The van der Waals surface area contributed by atoms with Crippen LogP contribution in [0.25, 0.3) is 0 Å². The Bertz CT molecular complexity index is 1440. The van der Waals surface area contributed by atoms with Crippen LogP contribution < -0.4 is 5.73 Å². The van der Waals surface area contributed by atoms with E-state index >= 15 is 0 Å². The summed E-state index contributed by atoms with van der Waals surface area (Å²) in [5.74, 6) is -0.197. The number of benzene rings is 3. The van der Waals surface area contributed by atoms with E-state index in [-0.39, 0.29) is 34.3 Å².